The Morgan fingerprint density at radius 3 is 2.36 bits per heavy atom. The summed E-state index contributed by atoms with van der Waals surface area (Å²) < 4.78 is 5.90. The molecule has 4 aromatic rings. The van der Waals surface area contributed by atoms with Crippen LogP contribution in [0.3, 0.4) is 0 Å². The zero-order chi connectivity index (χ0) is 23.3. The highest BCUT2D eigenvalue weighted by Gasteiger charge is 2.43. The molecule has 0 saturated heterocycles. The highest BCUT2D eigenvalue weighted by Crippen LogP contribution is 2.41. The highest BCUT2D eigenvalue weighted by atomic mass is 35.5. The number of hydrogen-bond acceptors (Lipinski definition) is 5. The van der Waals surface area contributed by atoms with Gasteiger partial charge in [-0.3, -0.25) is 24.6 Å². The number of carbonyl (C=O) groups is 1. The van der Waals surface area contributed by atoms with Crippen molar-refractivity contribution in [1.29, 1.82) is 0 Å². The minimum atomic E-state index is -0.805. The molecule has 7 nitrogen and oxygen atoms in total. The Kier molecular flexibility index (Phi) is 4.98. The van der Waals surface area contributed by atoms with Gasteiger partial charge in [-0.1, -0.05) is 30.7 Å². The van der Waals surface area contributed by atoms with Gasteiger partial charge in [0.2, 0.25) is 5.76 Å². The Labute approximate surface area is 193 Å². The van der Waals surface area contributed by atoms with Crippen LogP contribution < -0.4 is 10.3 Å². The summed E-state index contributed by atoms with van der Waals surface area (Å²) in [6.45, 7) is 2.03. The van der Waals surface area contributed by atoms with Gasteiger partial charge >= 0.3 is 0 Å². The highest BCUT2D eigenvalue weighted by molar-refractivity contribution is 6.31. The monoisotopic (exact) mass is 460 g/mol. The van der Waals surface area contributed by atoms with Crippen molar-refractivity contribution in [3.05, 3.63) is 115 Å². The van der Waals surface area contributed by atoms with Crippen LogP contribution in [0.4, 0.5) is 11.4 Å². The summed E-state index contributed by atoms with van der Waals surface area (Å²) in [5.74, 6) is -0.496. The first-order chi connectivity index (χ1) is 15.9. The van der Waals surface area contributed by atoms with E-state index < -0.39 is 16.9 Å². The van der Waals surface area contributed by atoms with Crippen LogP contribution >= 0.6 is 11.6 Å². The summed E-state index contributed by atoms with van der Waals surface area (Å²) in [5, 5.41) is 11.8. The lowest BCUT2D eigenvalue weighted by molar-refractivity contribution is -0.384. The first-order valence-corrected chi connectivity index (χ1v) is 10.7. The van der Waals surface area contributed by atoms with E-state index >= 15 is 0 Å². The maximum Gasteiger partial charge on any atom is 0.295 e. The van der Waals surface area contributed by atoms with Gasteiger partial charge in [-0.2, -0.15) is 0 Å². The molecule has 0 fully saturated rings. The van der Waals surface area contributed by atoms with Gasteiger partial charge in [0.1, 0.15) is 5.58 Å². The number of anilines is 1. The maximum absolute atomic E-state index is 13.5. The number of nitro groups is 1. The molecule has 0 bridgehead atoms. The van der Waals surface area contributed by atoms with Crippen molar-refractivity contribution in [3.63, 3.8) is 0 Å². The van der Waals surface area contributed by atoms with Crippen LogP contribution in [0.2, 0.25) is 5.02 Å². The lowest BCUT2D eigenvalue weighted by Crippen LogP contribution is -2.29. The van der Waals surface area contributed by atoms with E-state index in [1.54, 1.807) is 24.3 Å². The third-order valence-electron chi connectivity index (χ3n) is 5.87. The second kappa shape index (κ2) is 7.86. The molecule has 0 saturated carbocycles. The molecule has 0 spiro atoms. The molecule has 1 amide bonds. The summed E-state index contributed by atoms with van der Waals surface area (Å²) in [4.78, 5) is 39.2. The normalized spacial score (nSPS) is 15.2. The van der Waals surface area contributed by atoms with Crippen LogP contribution in [0.15, 0.2) is 75.9 Å². The van der Waals surface area contributed by atoms with Crippen molar-refractivity contribution in [3.8, 4) is 0 Å². The second-order valence-corrected chi connectivity index (χ2v) is 8.20. The van der Waals surface area contributed by atoms with E-state index in [0.717, 1.165) is 12.0 Å². The number of non-ortho nitro benzene ring substituents is 1. The van der Waals surface area contributed by atoms with Crippen LogP contribution in [0.5, 0.6) is 0 Å². The number of rotatable bonds is 4. The third kappa shape index (κ3) is 3.37. The average Bonchev–Trinajstić information content (AvgIpc) is 3.12. The Hall–Kier alpha value is -3.97. The zero-order valence-corrected chi connectivity index (χ0v) is 18.2. The Morgan fingerprint density at radius 1 is 1.03 bits per heavy atom. The lowest BCUT2D eigenvalue weighted by atomic mass is 9.98. The lowest BCUT2D eigenvalue weighted by Gasteiger charge is -2.25. The van der Waals surface area contributed by atoms with E-state index in [-0.39, 0.29) is 33.4 Å². The van der Waals surface area contributed by atoms with Gasteiger partial charge in [-0.05, 0) is 60.0 Å². The molecule has 0 radical (unpaired) electrons. The van der Waals surface area contributed by atoms with Crippen molar-refractivity contribution in [2.45, 2.75) is 19.4 Å². The largest absolute Gasteiger partial charge is 0.450 e. The van der Waals surface area contributed by atoms with Crippen molar-refractivity contribution >= 4 is 39.9 Å². The second-order valence-electron chi connectivity index (χ2n) is 7.76. The molecule has 33 heavy (non-hydrogen) atoms. The van der Waals surface area contributed by atoms with E-state index in [4.69, 9.17) is 16.0 Å². The average molecular weight is 461 g/mol. The summed E-state index contributed by atoms with van der Waals surface area (Å²) in [7, 11) is 0. The number of benzene rings is 3. The molecule has 5 rings (SSSR count). The smallest absolute Gasteiger partial charge is 0.295 e. The van der Waals surface area contributed by atoms with E-state index in [0.29, 0.717) is 16.3 Å². The van der Waals surface area contributed by atoms with Crippen LogP contribution in [0.1, 0.15) is 40.2 Å². The zero-order valence-electron chi connectivity index (χ0n) is 17.4. The fraction of sp³-hybridized carbons (Fsp3) is 0.120. The molecule has 1 unspecified atom stereocenters. The predicted octanol–water partition coefficient (Wildman–Crippen LogP) is 5.67. The van der Waals surface area contributed by atoms with Crippen molar-refractivity contribution in [2.24, 2.45) is 0 Å². The first kappa shape index (κ1) is 20.9. The van der Waals surface area contributed by atoms with Crippen LogP contribution in [0.25, 0.3) is 11.0 Å². The SMILES string of the molecule is CCc1ccc(N2C(=O)c3oc4ccc(Cl)cc4c(=O)c3C2c2ccc([N+](=O)[O-])cc2)cc1. The van der Waals surface area contributed by atoms with Gasteiger partial charge in [0, 0.05) is 22.8 Å². The number of aryl methyl sites for hydroxylation is 1. The fourth-order valence-electron chi connectivity index (χ4n) is 4.20. The molecule has 0 N–H and O–H groups in total. The summed E-state index contributed by atoms with van der Waals surface area (Å²) in [6, 6.07) is 17.2. The Balaban J connectivity index is 1.76. The first-order valence-electron chi connectivity index (χ1n) is 10.3. The summed E-state index contributed by atoms with van der Waals surface area (Å²) in [6.07, 6.45) is 0.840. The topological polar surface area (TPSA) is 93.7 Å². The quantitative estimate of drug-likeness (QED) is 0.289. The molecule has 8 heteroatoms. The number of nitro benzene ring substituents is 1. The standard InChI is InChI=1S/C25H17ClN2O5/c1-2-14-3-8-17(9-4-14)27-22(15-5-10-18(11-6-15)28(31)32)21-23(29)19-13-16(26)7-12-20(19)33-24(21)25(27)30/h3-13,22H,2H2,1H3. The van der Waals surface area contributed by atoms with Gasteiger partial charge in [0.15, 0.2) is 5.43 Å². The van der Waals surface area contributed by atoms with Crippen molar-refractivity contribution < 1.29 is 14.1 Å². The number of halogens is 1. The Bertz CT molecular complexity index is 1480. The minimum absolute atomic E-state index is 0.0438. The molecule has 1 aliphatic rings. The number of amides is 1. The fourth-order valence-corrected chi connectivity index (χ4v) is 4.37. The van der Waals surface area contributed by atoms with Crippen molar-refractivity contribution in [2.75, 3.05) is 4.90 Å². The van der Waals surface area contributed by atoms with Crippen molar-refractivity contribution in [1.82, 2.24) is 0 Å². The third-order valence-corrected chi connectivity index (χ3v) is 6.11. The number of hydrogen-bond donors (Lipinski definition) is 0. The molecule has 1 aliphatic heterocycles. The van der Waals surface area contributed by atoms with Gasteiger partial charge in [-0.15, -0.1) is 0 Å². The van der Waals surface area contributed by atoms with Gasteiger partial charge in [-0.25, -0.2) is 0 Å². The summed E-state index contributed by atoms with van der Waals surface area (Å²) >= 11 is 6.10. The van der Waals surface area contributed by atoms with E-state index in [1.165, 1.54) is 23.1 Å². The van der Waals surface area contributed by atoms with Gasteiger partial charge in [0.05, 0.1) is 21.9 Å². The minimum Gasteiger partial charge on any atom is -0.450 e. The van der Waals surface area contributed by atoms with E-state index in [9.17, 15) is 19.7 Å². The van der Waals surface area contributed by atoms with Crippen LogP contribution in [0, 0.1) is 10.1 Å². The molecular formula is C25H17ClN2O5. The number of nitrogens with zero attached hydrogens (tertiary/aromatic N) is 2. The van der Waals surface area contributed by atoms with Gasteiger partial charge in [0.25, 0.3) is 11.6 Å². The molecule has 1 atom stereocenters. The predicted molar refractivity (Wildman–Crippen MR) is 125 cm³/mol. The molecule has 1 aromatic heterocycles. The molecule has 0 aliphatic carbocycles. The molecular weight excluding hydrogens is 444 g/mol. The van der Waals surface area contributed by atoms with Crippen LogP contribution in [-0.4, -0.2) is 10.8 Å². The van der Waals surface area contributed by atoms with Gasteiger partial charge < -0.3 is 4.42 Å². The molecule has 2 heterocycles. The Morgan fingerprint density at radius 2 is 1.73 bits per heavy atom. The molecule has 3 aromatic carbocycles. The maximum atomic E-state index is 13.5. The van der Waals surface area contributed by atoms with E-state index in [1.807, 2.05) is 31.2 Å². The van der Waals surface area contributed by atoms with E-state index in [2.05, 4.69) is 0 Å². The number of carbonyl (C=O) groups excluding carboxylic acids is 1. The summed E-state index contributed by atoms with van der Waals surface area (Å²) in [5.41, 5.74) is 2.25. The number of fused-ring (bicyclic) bond motifs is 2. The molecule has 164 valence electrons. The van der Waals surface area contributed by atoms with Crippen LogP contribution in [-0.2, 0) is 6.42 Å².